The van der Waals surface area contributed by atoms with Crippen LogP contribution in [0.25, 0.3) is 0 Å². The van der Waals surface area contributed by atoms with Crippen LogP contribution in [-0.4, -0.2) is 36.4 Å². The van der Waals surface area contributed by atoms with Crippen molar-refractivity contribution in [2.45, 2.75) is 43.5 Å². The molecule has 1 N–H and O–H groups in total. The Balaban J connectivity index is 2.29. The molecule has 0 saturated carbocycles. The molecule has 0 amide bonds. The Labute approximate surface area is 119 Å². The monoisotopic (exact) mass is 297 g/mol. The molecule has 0 bridgehead atoms. The third-order valence-corrected chi connectivity index (χ3v) is 5.50. The molecule has 1 aliphatic rings. The van der Waals surface area contributed by atoms with Gasteiger partial charge < -0.3 is 5.11 Å². The van der Waals surface area contributed by atoms with Gasteiger partial charge in [0.15, 0.2) is 0 Å². The van der Waals surface area contributed by atoms with Gasteiger partial charge in [0.1, 0.15) is 6.04 Å². The van der Waals surface area contributed by atoms with Crippen LogP contribution in [0.4, 0.5) is 0 Å². The highest BCUT2D eigenvalue weighted by Gasteiger charge is 2.42. The van der Waals surface area contributed by atoms with E-state index >= 15 is 0 Å². The van der Waals surface area contributed by atoms with Crippen molar-refractivity contribution < 1.29 is 18.3 Å². The van der Waals surface area contributed by atoms with Gasteiger partial charge in [-0.1, -0.05) is 32.9 Å². The molecule has 2 rings (SSSR count). The molecule has 20 heavy (non-hydrogen) atoms. The van der Waals surface area contributed by atoms with Crippen LogP contribution in [0.3, 0.4) is 0 Å². The van der Waals surface area contributed by atoms with Crippen LogP contribution >= 0.6 is 0 Å². The average Bonchev–Trinajstić information content (AvgIpc) is 2.25. The maximum absolute atomic E-state index is 12.4. The minimum atomic E-state index is -3.71. The quantitative estimate of drug-likeness (QED) is 0.923. The van der Waals surface area contributed by atoms with E-state index in [1.54, 1.807) is 24.3 Å². The topological polar surface area (TPSA) is 74.7 Å². The first-order valence-electron chi connectivity index (χ1n) is 6.49. The predicted molar refractivity (Wildman–Crippen MR) is 75.1 cm³/mol. The summed E-state index contributed by atoms with van der Waals surface area (Å²) in [5.74, 6) is -1.09. The lowest BCUT2D eigenvalue weighted by Crippen LogP contribution is -2.54. The van der Waals surface area contributed by atoms with Crippen molar-refractivity contribution in [3.8, 4) is 0 Å². The summed E-state index contributed by atoms with van der Waals surface area (Å²) < 4.78 is 25.7. The Morgan fingerprint density at radius 1 is 1.25 bits per heavy atom. The second kappa shape index (κ2) is 4.86. The molecule has 1 atom stereocenters. The van der Waals surface area contributed by atoms with Gasteiger partial charge >= 0.3 is 5.97 Å². The van der Waals surface area contributed by atoms with Gasteiger partial charge in [0.2, 0.25) is 10.0 Å². The number of hydrogen-bond acceptors (Lipinski definition) is 3. The van der Waals surface area contributed by atoms with E-state index in [1.807, 2.05) is 20.8 Å². The minimum Gasteiger partial charge on any atom is -0.480 e. The Hall–Kier alpha value is -1.40. The molecule has 1 aliphatic heterocycles. The number of carboxylic acid groups (broad SMARTS) is 1. The lowest BCUT2D eigenvalue weighted by molar-refractivity contribution is -0.144. The zero-order chi connectivity index (χ0) is 15.1. The second-order valence-corrected chi connectivity index (χ2v) is 7.92. The lowest BCUT2D eigenvalue weighted by atomic mass is 9.87. The summed E-state index contributed by atoms with van der Waals surface area (Å²) >= 11 is 0. The highest BCUT2D eigenvalue weighted by Crippen LogP contribution is 2.29. The second-order valence-electron chi connectivity index (χ2n) is 6.03. The van der Waals surface area contributed by atoms with Gasteiger partial charge in [-0.3, -0.25) is 4.79 Å². The molecule has 6 heteroatoms. The first-order chi connectivity index (χ1) is 9.14. The van der Waals surface area contributed by atoms with E-state index in [4.69, 9.17) is 5.11 Å². The minimum absolute atomic E-state index is 0.0529. The van der Waals surface area contributed by atoms with Crippen molar-refractivity contribution in [3.63, 3.8) is 0 Å². The van der Waals surface area contributed by atoms with Crippen LogP contribution in [-0.2, 0) is 20.2 Å². The summed E-state index contributed by atoms with van der Waals surface area (Å²) in [4.78, 5) is 11.1. The molecule has 0 aromatic heterocycles. The number of rotatable bonds is 3. The fourth-order valence-corrected chi connectivity index (χ4v) is 3.79. The van der Waals surface area contributed by atoms with E-state index in [0.717, 1.165) is 9.87 Å². The van der Waals surface area contributed by atoms with Gasteiger partial charge in [-0.05, 0) is 29.5 Å². The van der Waals surface area contributed by atoms with Crippen LogP contribution in [0, 0.1) is 0 Å². The van der Waals surface area contributed by atoms with Crippen LogP contribution in [0.15, 0.2) is 29.2 Å². The first-order valence-corrected chi connectivity index (χ1v) is 7.93. The molecule has 1 aromatic rings. The Morgan fingerprint density at radius 3 is 2.15 bits per heavy atom. The highest BCUT2D eigenvalue weighted by atomic mass is 32.2. The number of benzene rings is 1. The molecule has 0 aliphatic carbocycles. The molecule has 0 radical (unpaired) electrons. The number of carbonyl (C=O) groups is 1. The van der Waals surface area contributed by atoms with E-state index < -0.39 is 22.0 Å². The highest BCUT2D eigenvalue weighted by molar-refractivity contribution is 7.89. The average molecular weight is 297 g/mol. The summed E-state index contributed by atoms with van der Waals surface area (Å²) in [6.45, 7) is 6.41. The van der Waals surface area contributed by atoms with Crippen molar-refractivity contribution in [2.24, 2.45) is 0 Å². The van der Waals surface area contributed by atoms with Gasteiger partial charge in [0.05, 0.1) is 4.90 Å². The van der Waals surface area contributed by atoms with Crippen molar-refractivity contribution in [1.82, 2.24) is 4.31 Å². The van der Waals surface area contributed by atoms with Crippen LogP contribution in [0.5, 0.6) is 0 Å². The number of sulfonamides is 1. The normalized spacial score (nSPS) is 20.4. The standard InChI is InChI=1S/C14H19NO4S/c1-14(2,3)10-4-6-11(7-5-10)20(18,19)15-9-8-12(15)13(16)17/h4-7,12H,8-9H2,1-3H3,(H,16,17). The van der Waals surface area contributed by atoms with Crippen LogP contribution < -0.4 is 0 Å². The van der Waals surface area contributed by atoms with Crippen LogP contribution in [0.1, 0.15) is 32.8 Å². The summed E-state index contributed by atoms with van der Waals surface area (Å²) in [7, 11) is -3.71. The number of hydrogen-bond donors (Lipinski definition) is 1. The van der Waals surface area contributed by atoms with Gasteiger partial charge in [0, 0.05) is 6.54 Å². The zero-order valence-corrected chi connectivity index (χ0v) is 12.6. The molecular formula is C14H19NO4S. The molecule has 1 aromatic carbocycles. The Morgan fingerprint density at radius 2 is 1.80 bits per heavy atom. The largest absolute Gasteiger partial charge is 0.480 e. The molecule has 5 nitrogen and oxygen atoms in total. The number of aliphatic carboxylic acids is 1. The van der Waals surface area contributed by atoms with Crippen molar-refractivity contribution in [1.29, 1.82) is 0 Å². The molecule has 1 unspecified atom stereocenters. The molecule has 0 spiro atoms. The van der Waals surface area contributed by atoms with Gasteiger partial charge in [-0.25, -0.2) is 8.42 Å². The number of nitrogens with zero attached hydrogens (tertiary/aromatic N) is 1. The fraction of sp³-hybridized carbons (Fsp3) is 0.500. The summed E-state index contributed by atoms with van der Waals surface area (Å²) in [6, 6.07) is 5.73. The van der Waals surface area contributed by atoms with E-state index in [2.05, 4.69) is 0 Å². The maximum Gasteiger partial charge on any atom is 0.322 e. The van der Waals surface area contributed by atoms with Crippen molar-refractivity contribution in [2.75, 3.05) is 6.54 Å². The smallest absolute Gasteiger partial charge is 0.322 e. The lowest BCUT2D eigenvalue weighted by Gasteiger charge is -2.36. The molecule has 1 heterocycles. The van der Waals surface area contributed by atoms with Gasteiger partial charge in [-0.2, -0.15) is 4.31 Å². The van der Waals surface area contributed by atoms with Crippen molar-refractivity contribution in [3.05, 3.63) is 29.8 Å². The van der Waals surface area contributed by atoms with E-state index in [1.165, 1.54) is 0 Å². The Bertz CT molecular complexity index is 614. The van der Waals surface area contributed by atoms with Gasteiger partial charge in [-0.15, -0.1) is 0 Å². The molecule has 1 saturated heterocycles. The molecule has 1 fully saturated rings. The summed E-state index contributed by atoms with van der Waals surface area (Å²) in [6.07, 6.45) is 0.370. The predicted octanol–water partition coefficient (Wildman–Crippen LogP) is 1.83. The SMILES string of the molecule is CC(C)(C)c1ccc(S(=O)(=O)N2CCC2C(=O)O)cc1. The first kappa shape index (κ1) is 15.0. The zero-order valence-electron chi connectivity index (χ0n) is 11.8. The third kappa shape index (κ3) is 2.58. The van der Waals surface area contributed by atoms with Crippen LogP contribution in [0.2, 0.25) is 0 Å². The maximum atomic E-state index is 12.4. The molecule has 110 valence electrons. The van der Waals surface area contributed by atoms with Gasteiger partial charge in [0.25, 0.3) is 0 Å². The summed E-state index contributed by atoms with van der Waals surface area (Å²) in [5.41, 5.74) is 0.984. The third-order valence-electron chi connectivity index (χ3n) is 3.58. The van der Waals surface area contributed by atoms with Crippen molar-refractivity contribution >= 4 is 16.0 Å². The van der Waals surface area contributed by atoms with E-state index in [0.29, 0.717) is 6.42 Å². The molecular weight excluding hydrogens is 278 g/mol. The Kier molecular flexibility index (Phi) is 3.64. The number of carboxylic acids is 1. The summed E-state index contributed by atoms with van der Waals surface area (Å²) in [5, 5.41) is 8.96. The van der Waals surface area contributed by atoms with E-state index in [-0.39, 0.29) is 16.9 Å². The fourth-order valence-electron chi connectivity index (χ4n) is 2.16. The van der Waals surface area contributed by atoms with E-state index in [9.17, 15) is 13.2 Å².